The highest BCUT2D eigenvalue weighted by atomic mass is 32.1. The minimum Gasteiger partial charge on any atom is -0.143 e. The molecule has 6 aliphatic carbocycles. The predicted molar refractivity (Wildman–Crippen MR) is 168 cm³/mol. The van der Waals surface area contributed by atoms with Crippen LogP contribution in [-0.2, 0) is 6.42 Å². The van der Waals surface area contributed by atoms with Gasteiger partial charge in [0.2, 0.25) is 0 Å². The van der Waals surface area contributed by atoms with E-state index in [1.54, 1.807) is 39.0 Å². The van der Waals surface area contributed by atoms with Crippen LogP contribution in [0.4, 0.5) is 0 Å². The molecule has 1 heteroatoms. The Balaban J connectivity index is 1.21. The highest BCUT2D eigenvalue weighted by Crippen LogP contribution is 2.67. The van der Waals surface area contributed by atoms with E-state index in [2.05, 4.69) is 129 Å². The third-order valence-corrected chi connectivity index (χ3v) is 10.2. The van der Waals surface area contributed by atoms with Crippen molar-refractivity contribution in [1.82, 2.24) is 0 Å². The van der Waals surface area contributed by atoms with Gasteiger partial charge in [-0.1, -0.05) is 113 Å². The van der Waals surface area contributed by atoms with E-state index in [1.165, 1.54) is 24.0 Å². The van der Waals surface area contributed by atoms with E-state index in [4.69, 9.17) is 0 Å². The van der Waals surface area contributed by atoms with Crippen molar-refractivity contribution in [2.75, 3.05) is 0 Å². The van der Waals surface area contributed by atoms with Gasteiger partial charge >= 0.3 is 0 Å². The Hall–Kier alpha value is -2.25. The van der Waals surface area contributed by atoms with E-state index < -0.39 is 0 Å². The van der Waals surface area contributed by atoms with Gasteiger partial charge in [0.25, 0.3) is 0 Å². The first-order chi connectivity index (χ1) is 18.0. The average molecular weight is 523 g/mol. The SMILES string of the molecule is CCCC1=C(C(C)(C)C(C)C=C/C=C/C=C/CC(C)(C)C2=C(C)C3C4=C2C3C(C)=C4)c2ccc(S)cc2C1. The minimum atomic E-state index is 0.0773. The third-order valence-electron chi connectivity index (χ3n) is 9.92. The number of hydrogen-bond donors (Lipinski definition) is 1. The van der Waals surface area contributed by atoms with Crippen molar-refractivity contribution in [2.24, 2.45) is 28.6 Å². The highest BCUT2D eigenvalue weighted by Gasteiger charge is 2.55. The lowest BCUT2D eigenvalue weighted by molar-refractivity contribution is 0.384. The molecular weight excluding hydrogens is 476 g/mol. The fourth-order valence-electron chi connectivity index (χ4n) is 7.81. The predicted octanol–water partition coefficient (Wildman–Crippen LogP) is 10.7. The average Bonchev–Trinajstić information content (AvgIpc) is 3.60. The fraction of sp³-hybridized carbons (Fsp3) is 0.459. The Labute approximate surface area is 237 Å². The van der Waals surface area contributed by atoms with Gasteiger partial charge in [-0.15, -0.1) is 12.6 Å². The van der Waals surface area contributed by atoms with Crippen LogP contribution in [-0.4, -0.2) is 0 Å². The van der Waals surface area contributed by atoms with Gasteiger partial charge in [0.05, 0.1) is 0 Å². The first-order valence-corrected chi connectivity index (χ1v) is 15.1. The van der Waals surface area contributed by atoms with E-state index in [1.807, 2.05) is 0 Å². The topological polar surface area (TPSA) is 0 Å². The summed E-state index contributed by atoms with van der Waals surface area (Å²) in [6.07, 6.45) is 20.6. The number of fused-ring (bicyclic) bond motifs is 1. The molecule has 38 heavy (non-hydrogen) atoms. The second-order valence-corrected chi connectivity index (χ2v) is 13.8. The van der Waals surface area contributed by atoms with Gasteiger partial charge in [0.1, 0.15) is 0 Å². The summed E-state index contributed by atoms with van der Waals surface area (Å²) in [7, 11) is 0. The second kappa shape index (κ2) is 10.1. The molecule has 7 rings (SSSR count). The molecule has 0 heterocycles. The van der Waals surface area contributed by atoms with Crippen LogP contribution in [0.3, 0.4) is 0 Å². The van der Waals surface area contributed by atoms with Crippen LogP contribution in [0.25, 0.3) is 5.57 Å². The van der Waals surface area contributed by atoms with Crippen molar-refractivity contribution in [3.8, 4) is 0 Å². The van der Waals surface area contributed by atoms with Crippen LogP contribution in [0.2, 0.25) is 0 Å². The minimum absolute atomic E-state index is 0.0773. The number of allylic oxidation sites excluding steroid dienone is 14. The molecule has 0 nitrogen and oxygen atoms in total. The van der Waals surface area contributed by atoms with Crippen molar-refractivity contribution in [2.45, 2.75) is 86.0 Å². The summed E-state index contributed by atoms with van der Waals surface area (Å²) in [5.74, 6) is 1.86. The summed E-state index contributed by atoms with van der Waals surface area (Å²) >= 11 is 4.60. The molecule has 0 aromatic heterocycles. The zero-order valence-electron chi connectivity index (χ0n) is 24.8. The number of benzene rings is 1. The standard InChI is InChI=1S/C37H46S/c1-9-15-26-21-27-22-28(38)17-18-29(27)35(26)37(7,8)24(3)16-13-11-10-12-14-19-36(5,6)34-25(4)32-30-20-23(2)31(32)33(30)34/h10-14,16-18,20,22,24,31-32,38H,9,15,19,21H2,1-8H3/b11-10+,14-12+,16-13?. The molecule has 0 saturated carbocycles. The quantitative estimate of drug-likeness (QED) is 0.229. The van der Waals surface area contributed by atoms with Gasteiger partial charge in [-0.2, -0.15) is 0 Å². The molecule has 0 fully saturated rings. The van der Waals surface area contributed by atoms with E-state index in [-0.39, 0.29) is 10.8 Å². The molecular formula is C37H46S. The maximum Gasteiger partial charge on any atom is 0.0161 e. The number of hydrogen-bond acceptors (Lipinski definition) is 1. The summed E-state index contributed by atoms with van der Waals surface area (Å²) < 4.78 is 0. The first-order valence-electron chi connectivity index (χ1n) is 14.7. The Morgan fingerprint density at radius 3 is 2.39 bits per heavy atom. The van der Waals surface area contributed by atoms with E-state index in [9.17, 15) is 0 Å². The lowest BCUT2D eigenvalue weighted by atomic mass is 9.70. The summed E-state index contributed by atoms with van der Waals surface area (Å²) in [6, 6.07) is 6.71. The zero-order valence-corrected chi connectivity index (χ0v) is 25.7. The monoisotopic (exact) mass is 522 g/mol. The van der Waals surface area contributed by atoms with Gasteiger partial charge < -0.3 is 0 Å². The van der Waals surface area contributed by atoms with Crippen LogP contribution in [0.5, 0.6) is 0 Å². The molecule has 200 valence electrons. The Morgan fingerprint density at radius 1 is 1.00 bits per heavy atom. The van der Waals surface area contributed by atoms with Gasteiger partial charge in [-0.3, -0.25) is 0 Å². The van der Waals surface area contributed by atoms with E-state index in [0.29, 0.717) is 17.8 Å². The van der Waals surface area contributed by atoms with Gasteiger partial charge in [0, 0.05) is 16.7 Å². The van der Waals surface area contributed by atoms with Crippen molar-refractivity contribution < 1.29 is 0 Å². The molecule has 3 unspecified atom stereocenters. The van der Waals surface area contributed by atoms with E-state index >= 15 is 0 Å². The van der Waals surface area contributed by atoms with Crippen LogP contribution in [0.15, 0.2) is 99.1 Å². The molecule has 0 radical (unpaired) electrons. The van der Waals surface area contributed by atoms with Crippen molar-refractivity contribution in [3.63, 3.8) is 0 Å². The second-order valence-electron chi connectivity index (χ2n) is 13.3. The maximum absolute atomic E-state index is 4.60. The van der Waals surface area contributed by atoms with Gasteiger partial charge in [-0.25, -0.2) is 0 Å². The molecule has 0 aliphatic heterocycles. The van der Waals surface area contributed by atoms with Crippen LogP contribution < -0.4 is 0 Å². The van der Waals surface area contributed by atoms with Crippen LogP contribution >= 0.6 is 12.6 Å². The van der Waals surface area contributed by atoms with Crippen LogP contribution in [0.1, 0.15) is 85.8 Å². The smallest absolute Gasteiger partial charge is 0.0161 e. The van der Waals surface area contributed by atoms with Crippen molar-refractivity contribution >= 4 is 18.2 Å². The zero-order chi connectivity index (χ0) is 27.4. The molecule has 1 aromatic rings. The molecule has 0 saturated heterocycles. The Morgan fingerprint density at radius 2 is 1.74 bits per heavy atom. The molecule has 0 N–H and O–H groups in total. The molecule has 1 aromatic carbocycles. The molecule has 6 aliphatic rings. The first kappa shape index (κ1) is 27.3. The molecule has 3 atom stereocenters. The van der Waals surface area contributed by atoms with Crippen molar-refractivity contribution in [3.05, 3.63) is 105 Å². The maximum atomic E-state index is 4.60. The normalized spacial score (nSPS) is 23.6. The summed E-state index contributed by atoms with van der Waals surface area (Å²) in [5.41, 5.74) is 14.5. The molecule has 0 amide bonds. The van der Waals surface area contributed by atoms with Gasteiger partial charge in [0.15, 0.2) is 0 Å². The largest absolute Gasteiger partial charge is 0.143 e. The Kier molecular flexibility index (Phi) is 7.23. The summed E-state index contributed by atoms with van der Waals surface area (Å²) in [6.45, 7) is 19.0. The van der Waals surface area contributed by atoms with Crippen molar-refractivity contribution in [1.29, 1.82) is 0 Å². The highest BCUT2D eigenvalue weighted by molar-refractivity contribution is 7.80. The number of rotatable bonds is 10. The molecule has 0 spiro atoms. The Bertz CT molecular complexity index is 1360. The third kappa shape index (κ3) is 4.40. The number of thiol groups is 1. The lowest BCUT2D eigenvalue weighted by Crippen LogP contribution is -2.22. The summed E-state index contributed by atoms with van der Waals surface area (Å²) in [4.78, 5) is 1.07. The van der Waals surface area contributed by atoms with Gasteiger partial charge in [-0.05, 0) is 95.4 Å². The molecule has 4 bridgehead atoms. The fourth-order valence-corrected chi connectivity index (χ4v) is 8.04. The summed E-state index contributed by atoms with van der Waals surface area (Å²) in [5, 5.41) is 0. The lowest BCUT2D eigenvalue weighted by Gasteiger charge is -2.34. The van der Waals surface area contributed by atoms with E-state index in [0.717, 1.165) is 17.7 Å². The van der Waals surface area contributed by atoms with Crippen LogP contribution in [0, 0.1) is 28.6 Å².